The molecule has 2 aromatic carbocycles. The van der Waals surface area contributed by atoms with Gasteiger partial charge in [0.15, 0.2) is 0 Å². The fourth-order valence-electron chi connectivity index (χ4n) is 10.5. The van der Waals surface area contributed by atoms with E-state index in [1.807, 2.05) is 10.6 Å². The van der Waals surface area contributed by atoms with Crippen LogP contribution in [-0.2, 0) is 22.9 Å². The van der Waals surface area contributed by atoms with E-state index in [0.29, 0.717) is 0 Å². The Morgan fingerprint density at radius 2 is 0.711 bits per heavy atom. The maximum absolute atomic E-state index is 2.84. The predicted octanol–water partition coefficient (Wildman–Crippen LogP) is 13.6. The van der Waals surface area contributed by atoms with Gasteiger partial charge in [-0.05, 0) is 0 Å². The van der Waals surface area contributed by atoms with E-state index in [1.54, 1.807) is 22.3 Å². The summed E-state index contributed by atoms with van der Waals surface area (Å²) in [6.07, 6.45) is 35.9. The third-order valence-electron chi connectivity index (χ3n) is 12.6. The molecule has 6 aliphatic rings. The van der Waals surface area contributed by atoms with Crippen molar-refractivity contribution >= 4 is 28.0 Å². The zero-order valence-electron chi connectivity index (χ0n) is 27.8. The van der Waals surface area contributed by atoms with Gasteiger partial charge in [0.25, 0.3) is 0 Å². The van der Waals surface area contributed by atoms with Crippen LogP contribution in [0, 0.1) is 0 Å². The Kier molecular flexibility index (Phi) is 10.7. The van der Waals surface area contributed by atoms with E-state index in [4.69, 9.17) is 0 Å². The van der Waals surface area contributed by atoms with Crippen LogP contribution in [0.3, 0.4) is 0 Å². The van der Waals surface area contributed by atoms with Gasteiger partial charge >= 0.3 is 291 Å². The second-order valence-corrected chi connectivity index (χ2v) is 26.3. The maximum atomic E-state index is 2.84. The summed E-state index contributed by atoms with van der Waals surface area (Å²) in [6.45, 7) is 0. The van der Waals surface area contributed by atoms with Gasteiger partial charge in [0.05, 0.1) is 0 Å². The van der Waals surface area contributed by atoms with E-state index in [0.717, 1.165) is 30.0 Å². The van der Waals surface area contributed by atoms with Crippen LogP contribution in [0.2, 0.25) is 0 Å². The van der Waals surface area contributed by atoms with E-state index in [1.165, 1.54) is 128 Å². The summed E-state index contributed by atoms with van der Waals surface area (Å²) < 4.78 is 1.65. The molecule has 238 valence electrons. The van der Waals surface area contributed by atoms with Crippen molar-refractivity contribution in [1.82, 2.24) is 0 Å². The van der Waals surface area contributed by atoms with Gasteiger partial charge in [0, 0.05) is 0 Å². The minimum atomic E-state index is -1.21. The average molecular weight is 801 g/mol. The molecule has 0 saturated heterocycles. The Bertz CT molecular complexity index is 1210. The molecule has 45 heavy (non-hydrogen) atoms. The molecule has 3 heteroatoms. The van der Waals surface area contributed by atoms with Crippen LogP contribution in [0.5, 0.6) is 0 Å². The Balaban J connectivity index is 1.18. The van der Waals surface area contributed by atoms with Gasteiger partial charge in [-0.15, -0.1) is 0 Å². The van der Waals surface area contributed by atoms with Crippen molar-refractivity contribution in [2.24, 2.45) is 0 Å². The summed E-state index contributed by atoms with van der Waals surface area (Å²) in [4.78, 5) is 0. The summed E-state index contributed by atoms with van der Waals surface area (Å²) in [7, 11) is -0.0592. The van der Waals surface area contributed by atoms with Crippen LogP contribution in [0.15, 0.2) is 59.2 Å². The van der Waals surface area contributed by atoms with Gasteiger partial charge in [-0.2, -0.15) is 0 Å². The first-order valence-electron chi connectivity index (χ1n) is 19.3. The molecule has 0 nitrogen and oxygen atoms in total. The summed E-state index contributed by atoms with van der Waals surface area (Å²) in [5.41, 5.74) is 10.8. The van der Waals surface area contributed by atoms with Gasteiger partial charge in [-0.3, -0.25) is 0 Å². The van der Waals surface area contributed by atoms with E-state index < -0.39 is 22.9 Å². The SMILES string of the molecule is C1=C(P(C2CCCCC2)C2CCCCC2)[CH]([Hf][CH]2C(P(C3CCCCC3)C3CCCCC3)=Cc3ccccc32)c2ccccc21. The monoisotopic (exact) mass is 802 g/mol. The zero-order chi connectivity index (χ0) is 30.0. The van der Waals surface area contributed by atoms with E-state index in [2.05, 4.69) is 60.7 Å². The topological polar surface area (TPSA) is 0 Å². The van der Waals surface area contributed by atoms with Gasteiger partial charge in [0.1, 0.15) is 0 Å². The Hall–Kier alpha value is -0.350. The molecule has 4 saturated carbocycles. The molecule has 2 atom stereocenters. The van der Waals surface area contributed by atoms with E-state index >= 15 is 0 Å². The van der Waals surface area contributed by atoms with Gasteiger partial charge < -0.3 is 0 Å². The summed E-state index contributed by atoms with van der Waals surface area (Å²) >= 11 is -1.21. The molecular weight excluding hydrogens is 745 g/mol. The van der Waals surface area contributed by atoms with Crippen LogP contribution in [0.25, 0.3) is 12.2 Å². The fourth-order valence-corrected chi connectivity index (χ4v) is 29.1. The Morgan fingerprint density at radius 3 is 1.04 bits per heavy atom. The number of rotatable bonds is 8. The predicted molar refractivity (Wildman–Crippen MR) is 196 cm³/mol. The van der Waals surface area contributed by atoms with Crippen LogP contribution < -0.4 is 0 Å². The minimum absolute atomic E-state index is 0.0296. The Morgan fingerprint density at radius 1 is 0.400 bits per heavy atom. The number of benzene rings is 2. The quantitative estimate of drug-likeness (QED) is 0.184. The van der Waals surface area contributed by atoms with E-state index in [-0.39, 0.29) is 15.8 Å². The summed E-state index contributed by atoms with van der Waals surface area (Å²) in [6, 6.07) is 19.7. The van der Waals surface area contributed by atoms with Gasteiger partial charge in [0.2, 0.25) is 0 Å². The molecule has 0 aliphatic heterocycles. The van der Waals surface area contributed by atoms with Gasteiger partial charge in [-0.1, -0.05) is 0 Å². The molecule has 0 radical (unpaired) electrons. The van der Waals surface area contributed by atoms with Crippen molar-refractivity contribution in [3.63, 3.8) is 0 Å². The van der Waals surface area contributed by atoms with Crippen molar-refractivity contribution in [3.05, 3.63) is 81.4 Å². The number of hydrogen-bond acceptors (Lipinski definition) is 0. The standard InChI is InChI=1S/2C21H28P.Hf/c2*1-3-11-19(12-4-1)22(20-13-5-2-6-14-20)21-15-17-9-7-8-10-18(17)16-21;/h2*7-10,15-16,19-20H,1-6,11-14H2;. The molecular formula is C42H56HfP2. The second-order valence-electron chi connectivity index (χ2n) is 15.4. The summed E-state index contributed by atoms with van der Waals surface area (Å²) in [5, 5.41) is 4.08. The number of allylic oxidation sites excluding steroid dienone is 2. The molecule has 0 N–H and O–H groups in total. The molecule has 2 aromatic rings. The first-order chi connectivity index (χ1) is 22.3. The fraction of sp³-hybridized carbons (Fsp3) is 0.619. The van der Waals surface area contributed by atoms with Crippen LogP contribution in [0.1, 0.15) is 158 Å². The van der Waals surface area contributed by atoms with E-state index in [9.17, 15) is 0 Å². The second kappa shape index (κ2) is 15.0. The van der Waals surface area contributed by atoms with Crippen molar-refractivity contribution in [3.8, 4) is 0 Å². The molecule has 8 rings (SSSR count). The van der Waals surface area contributed by atoms with Crippen molar-refractivity contribution < 1.29 is 22.9 Å². The molecule has 0 spiro atoms. The first-order valence-corrected chi connectivity index (χ1v) is 26.4. The molecule has 0 amide bonds. The van der Waals surface area contributed by atoms with Crippen LogP contribution in [0.4, 0.5) is 0 Å². The Labute approximate surface area is 289 Å². The average Bonchev–Trinajstić information content (AvgIpc) is 3.65. The number of fused-ring (bicyclic) bond motifs is 2. The van der Waals surface area contributed by atoms with Crippen LogP contribution in [-0.4, -0.2) is 22.6 Å². The molecule has 4 fully saturated rings. The third-order valence-corrected chi connectivity index (χ3v) is 28.4. The third kappa shape index (κ3) is 6.78. The molecule has 0 bridgehead atoms. The normalized spacial score (nSPS) is 27.0. The first kappa shape index (κ1) is 31.9. The van der Waals surface area contributed by atoms with Gasteiger partial charge in [-0.25, -0.2) is 0 Å². The van der Waals surface area contributed by atoms with Crippen molar-refractivity contribution in [2.75, 3.05) is 0 Å². The zero-order valence-corrected chi connectivity index (χ0v) is 33.2. The van der Waals surface area contributed by atoms with Crippen molar-refractivity contribution in [1.29, 1.82) is 0 Å². The summed E-state index contributed by atoms with van der Waals surface area (Å²) in [5.74, 6) is 0. The van der Waals surface area contributed by atoms with Crippen LogP contribution >= 0.6 is 15.8 Å². The molecule has 0 aromatic heterocycles. The molecule has 2 unspecified atom stereocenters. The van der Waals surface area contributed by atoms with Crippen molar-refractivity contribution in [2.45, 2.75) is 158 Å². The molecule has 0 heterocycles. The number of hydrogen-bond donors (Lipinski definition) is 0. The molecule has 6 aliphatic carbocycles.